The normalized spacial score (nSPS) is 16.5. The highest BCUT2D eigenvalue weighted by Crippen LogP contribution is 2.23. The highest BCUT2D eigenvalue weighted by molar-refractivity contribution is 6.30. The first-order valence-corrected chi connectivity index (χ1v) is 8.56. The summed E-state index contributed by atoms with van der Waals surface area (Å²) < 4.78 is 0. The Balaban J connectivity index is 1.67. The molecule has 0 amide bonds. The molecular formula is C20H23ClN2. The second-order valence-electron chi connectivity index (χ2n) is 6.02. The standard InChI is InChI=1S/C20H23ClN2/c1-16(10-13-23-14-11-22-12-15-23)17-2-4-18(5-3-17)19-6-8-20(21)9-7-19/h2-10,22H,11-15H2,1H3. The first-order chi connectivity index (χ1) is 11.2. The maximum Gasteiger partial charge on any atom is 0.0406 e. The Kier molecular flexibility index (Phi) is 5.50. The van der Waals surface area contributed by atoms with Gasteiger partial charge in [0.05, 0.1) is 0 Å². The zero-order valence-electron chi connectivity index (χ0n) is 13.6. The van der Waals surface area contributed by atoms with Crippen molar-refractivity contribution in [1.29, 1.82) is 0 Å². The molecule has 1 fully saturated rings. The van der Waals surface area contributed by atoms with E-state index >= 15 is 0 Å². The molecule has 1 aliphatic heterocycles. The Labute approximate surface area is 143 Å². The molecule has 1 heterocycles. The fourth-order valence-corrected chi connectivity index (χ4v) is 2.97. The van der Waals surface area contributed by atoms with E-state index in [1.807, 2.05) is 12.1 Å². The van der Waals surface area contributed by atoms with Crippen LogP contribution in [0.5, 0.6) is 0 Å². The highest BCUT2D eigenvalue weighted by atomic mass is 35.5. The van der Waals surface area contributed by atoms with Crippen LogP contribution in [0.25, 0.3) is 16.7 Å². The van der Waals surface area contributed by atoms with Gasteiger partial charge in [-0.3, -0.25) is 4.90 Å². The van der Waals surface area contributed by atoms with Gasteiger partial charge < -0.3 is 5.32 Å². The topological polar surface area (TPSA) is 15.3 Å². The Morgan fingerprint density at radius 3 is 2.17 bits per heavy atom. The molecule has 3 rings (SSSR count). The van der Waals surface area contributed by atoms with Crippen LogP contribution in [-0.2, 0) is 0 Å². The monoisotopic (exact) mass is 326 g/mol. The number of piperazine rings is 1. The summed E-state index contributed by atoms with van der Waals surface area (Å²) in [6.07, 6.45) is 2.34. The van der Waals surface area contributed by atoms with Crippen molar-refractivity contribution in [1.82, 2.24) is 10.2 Å². The van der Waals surface area contributed by atoms with E-state index in [4.69, 9.17) is 11.6 Å². The molecule has 0 bridgehead atoms. The van der Waals surface area contributed by atoms with Crippen molar-refractivity contribution in [3.63, 3.8) is 0 Å². The number of nitrogens with one attached hydrogen (secondary N) is 1. The summed E-state index contributed by atoms with van der Waals surface area (Å²) in [6, 6.07) is 16.8. The van der Waals surface area contributed by atoms with E-state index in [2.05, 4.69) is 59.6 Å². The van der Waals surface area contributed by atoms with Crippen LogP contribution >= 0.6 is 11.6 Å². The SMILES string of the molecule is CC(=CCN1CCNCC1)c1ccc(-c2ccc(Cl)cc2)cc1. The minimum Gasteiger partial charge on any atom is -0.314 e. The van der Waals surface area contributed by atoms with Crippen LogP contribution in [0.1, 0.15) is 12.5 Å². The predicted octanol–water partition coefficient (Wildman–Crippen LogP) is 4.32. The molecule has 1 saturated heterocycles. The fourth-order valence-electron chi connectivity index (χ4n) is 2.85. The predicted molar refractivity (Wildman–Crippen MR) is 99.8 cm³/mol. The third-order valence-electron chi connectivity index (χ3n) is 4.38. The average molecular weight is 327 g/mol. The molecule has 0 aliphatic carbocycles. The molecule has 1 aliphatic rings. The van der Waals surface area contributed by atoms with Crippen molar-refractivity contribution in [2.24, 2.45) is 0 Å². The number of nitrogens with zero attached hydrogens (tertiary/aromatic N) is 1. The van der Waals surface area contributed by atoms with Gasteiger partial charge in [-0.05, 0) is 41.3 Å². The molecule has 0 aromatic heterocycles. The summed E-state index contributed by atoms with van der Waals surface area (Å²) >= 11 is 5.95. The van der Waals surface area contributed by atoms with Crippen LogP contribution in [0.2, 0.25) is 5.02 Å². The van der Waals surface area contributed by atoms with Gasteiger partial charge in [0.1, 0.15) is 0 Å². The molecule has 0 unspecified atom stereocenters. The minimum absolute atomic E-state index is 0.775. The van der Waals surface area contributed by atoms with Gasteiger partial charge >= 0.3 is 0 Å². The van der Waals surface area contributed by atoms with Crippen LogP contribution in [0.4, 0.5) is 0 Å². The summed E-state index contributed by atoms with van der Waals surface area (Å²) in [6.45, 7) is 7.70. The van der Waals surface area contributed by atoms with E-state index < -0.39 is 0 Å². The molecule has 0 atom stereocenters. The molecule has 1 N–H and O–H groups in total. The molecule has 0 radical (unpaired) electrons. The molecule has 3 heteroatoms. The fraction of sp³-hybridized carbons (Fsp3) is 0.300. The minimum atomic E-state index is 0.775. The van der Waals surface area contributed by atoms with Crippen LogP contribution in [0, 0.1) is 0 Å². The number of benzene rings is 2. The van der Waals surface area contributed by atoms with E-state index in [9.17, 15) is 0 Å². The van der Waals surface area contributed by atoms with Gasteiger partial charge in [-0.2, -0.15) is 0 Å². The lowest BCUT2D eigenvalue weighted by molar-refractivity contribution is 0.265. The van der Waals surface area contributed by atoms with Crippen molar-refractivity contribution in [2.75, 3.05) is 32.7 Å². The molecule has 23 heavy (non-hydrogen) atoms. The number of hydrogen-bond acceptors (Lipinski definition) is 2. The Morgan fingerprint density at radius 2 is 1.57 bits per heavy atom. The summed E-state index contributed by atoms with van der Waals surface area (Å²) in [7, 11) is 0. The second kappa shape index (κ2) is 7.78. The smallest absolute Gasteiger partial charge is 0.0406 e. The maximum atomic E-state index is 5.95. The Hall–Kier alpha value is -1.61. The Bertz CT molecular complexity index is 653. The molecule has 2 aromatic rings. The number of allylic oxidation sites excluding steroid dienone is 1. The van der Waals surface area contributed by atoms with Crippen LogP contribution in [0.15, 0.2) is 54.6 Å². The molecule has 0 spiro atoms. The van der Waals surface area contributed by atoms with E-state index in [1.165, 1.54) is 22.3 Å². The number of hydrogen-bond donors (Lipinski definition) is 1. The lowest BCUT2D eigenvalue weighted by Crippen LogP contribution is -2.43. The van der Waals surface area contributed by atoms with E-state index in [0.717, 1.165) is 37.7 Å². The van der Waals surface area contributed by atoms with E-state index in [-0.39, 0.29) is 0 Å². The molecule has 2 nitrogen and oxygen atoms in total. The van der Waals surface area contributed by atoms with Gasteiger partial charge in [-0.25, -0.2) is 0 Å². The van der Waals surface area contributed by atoms with Gasteiger partial charge in [0.25, 0.3) is 0 Å². The van der Waals surface area contributed by atoms with Crippen molar-refractivity contribution in [2.45, 2.75) is 6.92 Å². The maximum absolute atomic E-state index is 5.95. The van der Waals surface area contributed by atoms with E-state index in [1.54, 1.807) is 0 Å². The van der Waals surface area contributed by atoms with Crippen molar-refractivity contribution in [3.8, 4) is 11.1 Å². The summed E-state index contributed by atoms with van der Waals surface area (Å²) in [5.74, 6) is 0. The molecular weight excluding hydrogens is 304 g/mol. The van der Waals surface area contributed by atoms with Gasteiger partial charge in [-0.1, -0.05) is 54.1 Å². The third kappa shape index (κ3) is 4.44. The summed E-state index contributed by atoms with van der Waals surface area (Å²) in [5, 5.41) is 4.16. The average Bonchev–Trinajstić information content (AvgIpc) is 2.61. The van der Waals surface area contributed by atoms with Gasteiger partial charge in [0.2, 0.25) is 0 Å². The van der Waals surface area contributed by atoms with Crippen molar-refractivity contribution < 1.29 is 0 Å². The third-order valence-corrected chi connectivity index (χ3v) is 4.64. The quantitative estimate of drug-likeness (QED) is 0.900. The molecule has 0 saturated carbocycles. The van der Waals surface area contributed by atoms with Crippen LogP contribution < -0.4 is 5.32 Å². The van der Waals surface area contributed by atoms with Gasteiger partial charge in [0.15, 0.2) is 0 Å². The zero-order chi connectivity index (χ0) is 16.1. The number of rotatable bonds is 4. The van der Waals surface area contributed by atoms with E-state index in [0.29, 0.717) is 0 Å². The lowest BCUT2D eigenvalue weighted by Gasteiger charge is -2.26. The first-order valence-electron chi connectivity index (χ1n) is 8.18. The largest absolute Gasteiger partial charge is 0.314 e. The second-order valence-corrected chi connectivity index (χ2v) is 6.46. The van der Waals surface area contributed by atoms with Gasteiger partial charge in [0, 0.05) is 37.7 Å². The summed E-state index contributed by atoms with van der Waals surface area (Å²) in [4.78, 5) is 2.49. The molecule has 120 valence electrons. The first kappa shape index (κ1) is 16.3. The van der Waals surface area contributed by atoms with Crippen LogP contribution in [-0.4, -0.2) is 37.6 Å². The van der Waals surface area contributed by atoms with Gasteiger partial charge in [-0.15, -0.1) is 0 Å². The Morgan fingerprint density at radius 1 is 1.00 bits per heavy atom. The summed E-state index contributed by atoms with van der Waals surface area (Å²) in [5.41, 5.74) is 5.05. The van der Waals surface area contributed by atoms with Crippen molar-refractivity contribution in [3.05, 3.63) is 65.2 Å². The molecule has 2 aromatic carbocycles. The van der Waals surface area contributed by atoms with Crippen molar-refractivity contribution >= 4 is 17.2 Å². The number of halogens is 1. The lowest BCUT2D eigenvalue weighted by atomic mass is 10.0. The van der Waals surface area contributed by atoms with Crippen LogP contribution in [0.3, 0.4) is 0 Å². The highest BCUT2D eigenvalue weighted by Gasteiger charge is 2.07. The zero-order valence-corrected chi connectivity index (χ0v) is 14.3.